The van der Waals surface area contributed by atoms with Gasteiger partial charge >= 0.3 is 0 Å². The van der Waals surface area contributed by atoms with E-state index in [1.54, 1.807) is 0 Å². The lowest BCUT2D eigenvalue weighted by molar-refractivity contribution is 1.33. The van der Waals surface area contributed by atoms with Crippen LogP contribution >= 0.6 is 0 Å². The molecule has 0 spiro atoms. The maximum absolute atomic E-state index is 4.77. The summed E-state index contributed by atoms with van der Waals surface area (Å²) >= 11 is 0. The van der Waals surface area contributed by atoms with E-state index in [4.69, 9.17) is 4.98 Å². The number of benzene rings is 8. The Labute approximate surface area is 296 Å². The molecule has 2 nitrogen and oxygen atoms in total. The zero-order chi connectivity index (χ0) is 33.9. The fourth-order valence-electron chi connectivity index (χ4n) is 7.75. The van der Waals surface area contributed by atoms with Gasteiger partial charge in [0.05, 0.1) is 5.52 Å². The molecule has 2 heteroatoms. The molecule has 0 amide bonds. The van der Waals surface area contributed by atoms with Gasteiger partial charge in [-0.25, -0.2) is 0 Å². The largest absolute Gasteiger partial charge is 0.264 e. The Kier molecular flexibility index (Phi) is 6.75. The number of hydrogen-bond donors (Lipinski definition) is 0. The minimum absolute atomic E-state index is 1.02. The predicted octanol–water partition coefficient (Wildman–Crippen LogP) is 13.2. The number of aromatic nitrogens is 2. The van der Waals surface area contributed by atoms with Crippen molar-refractivity contribution in [2.24, 2.45) is 0 Å². The number of para-hydroxylation sites is 1. The first-order valence-electron chi connectivity index (χ1n) is 17.5. The van der Waals surface area contributed by atoms with E-state index in [0.29, 0.717) is 0 Å². The van der Waals surface area contributed by atoms with E-state index in [2.05, 4.69) is 158 Å². The summed E-state index contributed by atoms with van der Waals surface area (Å²) < 4.78 is 0. The zero-order valence-corrected chi connectivity index (χ0v) is 28.1. The van der Waals surface area contributed by atoms with E-state index in [1.165, 1.54) is 82.4 Å². The molecular weight excluding hydrogens is 617 g/mol. The van der Waals surface area contributed by atoms with E-state index < -0.39 is 0 Å². The summed E-state index contributed by atoms with van der Waals surface area (Å²) in [5, 5.41) is 8.81. The monoisotopic (exact) mass is 648 g/mol. The molecule has 0 N–H and O–H groups in total. The number of hydrogen-bond acceptors (Lipinski definition) is 2. The van der Waals surface area contributed by atoms with Crippen molar-refractivity contribution in [2.45, 2.75) is 6.92 Å². The average molecular weight is 649 g/mol. The number of aryl methyl sites for hydroxylation is 1. The molecule has 2 aromatic heterocycles. The highest BCUT2D eigenvalue weighted by Gasteiger charge is 2.18. The number of nitrogens with zero attached hydrogens (tertiary/aromatic N) is 2. The zero-order valence-electron chi connectivity index (χ0n) is 28.1. The summed E-state index contributed by atoms with van der Waals surface area (Å²) in [4.78, 5) is 9.05. The first kappa shape index (κ1) is 29.3. The van der Waals surface area contributed by atoms with Crippen LogP contribution in [0, 0.1) is 6.92 Å². The van der Waals surface area contributed by atoms with Crippen molar-refractivity contribution in [3.63, 3.8) is 0 Å². The summed E-state index contributed by atoms with van der Waals surface area (Å²) in [6.07, 6.45) is 5.72. The van der Waals surface area contributed by atoms with E-state index in [0.717, 1.165) is 22.0 Å². The van der Waals surface area contributed by atoms with Crippen LogP contribution in [0.2, 0.25) is 0 Å². The maximum Gasteiger partial charge on any atom is 0.0702 e. The minimum atomic E-state index is 1.02. The third-order valence-electron chi connectivity index (χ3n) is 10.4. The average Bonchev–Trinajstić information content (AvgIpc) is 3.20. The van der Waals surface area contributed by atoms with Gasteiger partial charge in [-0.2, -0.15) is 0 Å². The number of fused-ring (bicyclic) bond motifs is 1. The molecule has 8 aromatic carbocycles. The van der Waals surface area contributed by atoms with Gasteiger partial charge in [-0.1, -0.05) is 127 Å². The Morgan fingerprint density at radius 1 is 0.373 bits per heavy atom. The minimum Gasteiger partial charge on any atom is -0.264 e. The number of rotatable bonds is 5. The van der Waals surface area contributed by atoms with Crippen molar-refractivity contribution in [2.75, 3.05) is 0 Å². The van der Waals surface area contributed by atoms with Gasteiger partial charge in [0, 0.05) is 29.5 Å². The summed E-state index contributed by atoms with van der Waals surface area (Å²) in [5.74, 6) is 0. The lowest BCUT2D eigenvalue weighted by atomic mass is 9.84. The third kappa shape index (κ3) is 5.04. The molecule has 51 heavy (non-hydrogen) atoms. The molecule has 0 bridgehead atoms. The van der Waals surface area contributed by atoms with Crippen LogP contribution in [0.5, 0.6) is 0 Å². The van der Waals surface area contributed by atoms with Crippen molar-refractivity contribution < 1.29 is 0 Å². The molecule has 0 fully saturated rings. The first-order valence-corrected chi connectivity index (χ1v) is 17.5. The lowest BCUT2D eigenvalue weighted by Gasteiger charge is -2.19. The van der Waals surface area contributed by atoms with Gasteiger partial charge < -0.3 is 0 Å². The summed E-state index contributed by atoms with van der Waals surface area (Å²) in [6.45, 7) is 2.15. The van der Waals surface area contributed by atoms with Gasteiger partial charge in [0.25, 0.3) is 0 Å². The smallest absolute Gasteiger partial charge is 0.0702 e. The van der Waals surface area contributed by atoms with Crippen LogP contribution in [0.3, 0.4) is 0 Å². The molecule has 10 rings (SSSR count). The fourth-order valence-corrected chi connectivity index (χ4v) is 7.75. The van der Waals surface area contributed by atoms with E-state index in [-0.39, 0.29) is 0 Å². The van der Waals surface area contributed by atoms with Crippen LogP contribution < -0.4 is 0 Å². The second kappa shape index (κ2) is 11.8. The normalized spacial score (nSPS) is 11.6. The molecule has 0 aliphatic rings. The van der Waals surface area contributed by atoms with Gasteiger partial charge in [0.15, 0.2) is 0 Å². The van der Waals surface area contributed by atoms with Crippen molar-refractivity contribution in [3.8, 4) is 55.6 Å². The Morgan fingerprint density at radius 3 is 1.57 bits per heavy atom. The molecule has 0 radical (unpaired) electrons. The van der Waals surface area contributed by atoms with Crippen molar-refractivity contribution in [1.82, 2.24) is 9.97 Å². The van der Waals surface area contributed by atoms with Crippen LogP contribution in [0.15, 0.2) is 176 Å². The van der Waals surface area contributed by atoms with Crippen LogP contribution in [-0.4, -0.2) is 9.97 Å². The molecule has 0 saturated carbocycles. The maximum atomic E-state index is 4.77. The van der Waals surface area contributed by atoms with Crippen LogP contribution in [0.25, 0.3) is 98.9 Å². The van der Waals surface area contributed by atoms with Gasteiger partial charge in [-0.05, 0) is 126 Å². The molecule has 10 aromatic rings. The van der Waals surface area contributed by atoms with Crippen molar-refractivity contribution in [3.05, 3.63) is 182 Å². The Balaban J connectivity index is 1.13. The Hall–Kier alpha value is -6.64. The Morgan fingerprint density at radius 2 is 0.941 bits per heavy atom. The Bertz CT molecular complexity index is 2850. The summed E-state index contributed by atoms with van der Waals surface area (Å²) in [7, 11) is 0. The second-order valence-corrected chi connectivity index (χ2v) is 13.5. The second-order valence-electron chi connectivity index (χ2n) is 13.5. The van der Waals surface area contributed by atoms with Gasteiger partial charge in [0.2, 0.25) is 0 Å². The van der Waals surface area contributed by atoms with Gasteiger partial charge in [0.1, 0.15) is 0 Å². The van der Waals surface area contributed by atoms with Crippen molar-refractivity contribution >= 4 is 43.2 Å². The lowest BCUT2D eigenvalue weighted by Crippen LogP contribution is -1.92. The topological polar surface area (TPSA) is 25.8 Å². The predicted molar refractivity (Wildman–Crippen MR) is 215 cm³/mol. The van der Waals surface area contributed by atoms with Gasteiger partial charge in [-0.3, -0.25) is 9.97 Å². The molecule has 0 saturated heterocycles. The fraction of sp³-hybridized carbons (Fsp3) is 0.0204. The molecule has 0 aliphatic heterocycles. The van der Waals surface area contributed by atoms with E-state index >= 15 is 0 Å². The molecule has 0 unspecified atom stereocenters. The van der Waals surface area contributed by atoms with E-state index in [9.17, 15) is 0 Å². The van der Waals surface area contributed by atoms with Crippen LogP contribution in [0.1, 0.15) is 5.56 Å². The highest BCUT2D eigenvalue weighted by molar-refractivity contribution is 6.28. The van der Waals surface area contributed by atoms with Crippen LogP contribution in [-0.2, 0) is 0 Å². The standard InChI is InChI=1S/C49H32N2/c1-31-8-10-35(11-9-31)45-28-46(36-18-16-33(17-19-36)32-12-14-34(15-13-32)40-6-4-24-50-29-40)44-23-21-39-27-41(26-38-20-22-43(45)49(44)48(38)39)42-25-37-5-2-3-7-47(37)51-30-42/h2-30H,1H3. The quantitative estimate of drug-likeness (QED) is 0.174. The molecule has 238 valence electrons. The SMILES string of the molecule is Cc1ccc(-c2cc(-c3ccc(-c4ccc(-c5cccnc5)cc4)cc3)c3ccc4cc(-c5cnc6ccccc6c5)cc5ccc2c3c54)cc1. The highest BCUT2D eigenvalue weighted by Crippen LogP contribution is 2.45. The highest BCUT2D eigenvalue weighted by atomic mass is 14.6. The van der Waals surface area contributed by atoms with Crippen LogP contribution in [0.4, 0.5) is 0 Å². The summed E-state index contributed by atoms with van der Waals surface area (Å²) in [5.41, 5.74) is 14.2. The number of pyridine rings is 2. The van der Waals surface area contributed by atoms with E-state index in [1.807, 2.05) is 30.7 Å². The molecule has 0 atom stereocenters. The van der Waals surface area contributed by atoms with Gasteiger partial charge in [-0.15, -0.1) is 0 Å². The summed E-state index contributed by atoms with van der Waals surface area (Å²) in [6, 6.07) is 57.7. The molecule has 2 heterocycles. The molecular formula is C49H32N2. The van der Waals surface area contributed by atoms with Crippen molar-refractivity contribution in [1.29, 1.82) is 0 Å². The third-order valence-corrected chi connectivity index (χ3v) is 10.4. The molecule has 0 aliphatic carbocycles. The first-order chi connectivity index (χ1) is 25.2.